The van der Waals surface area contributed by atoms with Gasteiger partial charge in [0.15, 0.2) is 11.8 Å². The molecule has 4 heterocycles. The Morgan fingerprint density at radius 2 is 2.05 bits per heavy atom. The number of ketones is 1. The van der Waals surface area contributed by atoms with Crippen LogP contribution in [0.2, 0.25) is 0 Å². The van der Waals surface area contributed by atoms with Crippen LogP contribution in [-0.2, 0) is 25.4 Å². The van der Waals surface area contributed by atoms with Gasteiger partial charge in [0.25, 0.3) is 5.91 Å². The van der Waals surface area contributed by atoms with Gasteiger partial charge in [0.1, 0.15) is 23.9 Å². The van der Waals surface area contributed by atoms with Crippen LogP contribution in [0.15, 0.2) is 59.3 Å². The number of amides is 2. The summed E-state index contributed by atoms with van der Waals surface area (Å²) in [6, 6.07) is 9.37. The second kappa shape index (κ2) is 9.81. The highest BCUT2D eigenvalue weighted by molar-refractivity contribution is 7.85. The van der Waals surface area contributed by atoms with Crippen molar-refractivity contribution in [1.82, 2.24) is 15.6 Å². The van der Waals surface area contributed by atoms with E-state index in [2.05, 4.69) is 15.6 Å². The highest BCUT2D eigenvalue weighted by atomic mass is 32.2. The molecule has 0 saturated carbocycles. The molecule has 2 aliphatic rings. The molecule has 2 aromatic heterocycles. The van der Waals surface area contributed by atoms with Gasteiger partial charge in [-0.15, -0.1) is 3.89 Å². The van der Waals surface area contributed by atoms with E-state index in [0.717, 1.165) is 5.39 Å². The first-order valence-corrected chi connectivity index (χ1v) is 14.0. The lowest BCUT2D eigenvalue weighted by atomic mass is 10.1. The van der Waals surface area contributed by atoms with Crippen LogP contribution in [0.25, 0.3) is 11.0 Å². The van der Waals surface area contributed by atoms with Gasteiger partial charge in [-0.05, 0) is 30.2 Å². The van der Waals surface area contributed by atoms with Gasteiger partial charge in [-0.1, -0.05) is 37.6 Å². The zero-order chi connectivity index (χ0) is 26.2. The van der Waals surface area contributed by atoms with Gasteiger partial charge in [-0.3, -0.25) is 14.6 Å². The van der Waals surface area contributed by atoms with Crippen molar-refractivity contribution in [2.24, 2.45) is 0 Å². The third kappa shape index (κ3) is 4.36. The number of benzene rings is 1. The summed E-state index contributed by atoms with van der Waals surface area (Å²) in [5.74, 6) is -2.04. The molecule has 0 spiro atoms. The van der Waals surface area contributed by atoms with E-state index in [1.807, 2.05) is 13.0 Å². The number of nitrogens with one attached hydrogen (secondary N) is 2. The van der Waals surface area contributed by atoms with Crippen LogP contribution in [0.5, 0.6) is 0 Å². The largest absolute Gasteiger partial charge is 0.451 e. The summed E-state index contributed by atoms with van der Waals surface area (Å²) in [4.78, 5) is 44.4. The minimum absolute atomic E-state index is 0.00874. The highest BCUT2D eigenvalue weighted by Gasteiger charge is 2.66. The maximum absolute atomic E-state index is 14.3. The molecule has 2 aliphatic heterocycles. The van der Waals surface area contributed by atoms with Gasteiger partial charge in [-0.2, -0.15) is 8.42 Å². The van der Waals surface area contributed by atoms with Crippen molar-refractivity contribution in [2.45, 2.75) is 50.1 Å². The number of rotatable bonds is 8. The molecule has 5 rings (SSSR count). The van der Waals surface area contributed by atoms with Gasteiger partial charge < -0.3 is 15.1 Å². The Kier molecular flexibility index (Phi) is 6.69. The Morgan fingerprint density at radius 3 is 2.78 bits per heavy atom. The van der Waals surface area contributed by atoms with E-state index >= 15 is 0 Å². The fraction of sp³-hybridized carbons (Fsp3) is 0.385. The molecule has 3 aromatic rings. The summed E-state index contributed by atoms with van der Waals surface area (Å²) >= 11 is 0. The topological polar surface area (TPSA) is 135 Å². The van der Waals surface area contributed by atoms with Gasteiger partial charge in [0, 0.05) is 24.2 Å². The summed E-state index contributed by atoms with van der Waals surface area (Å²) in [5, 5.41) is 6.53. The third-order valence-electron chi connectivity index (χ3n) is 7.24. The molecular formula is C26H29N4O6S+. The number of aromatic nitrogens is 1. The number of carbonyl (C=O) groups excluding carboxylic acids is 3. The van der Waals surface area contributed by atoms with Gasteiger partial charge in [-0.25, -0.2) is 4.79 Å². The Labute approximate surface area is 214 Å². The van der Waals surface area contributed by atoms with Crippen molar-refractivity contribution in [3.05, 3.63) is 66.2 Å². The predicted molar refractivity (Wildman–Crippen MR) is 135 cm³/mol. The summed E-state index contributed by atoms with van der Waals surface area (Å²) < 4.78 is 32.7. The number of para-hydroxylation sites is 1. The molecule has 2 saturated heterocycles. The van der Waals surface area contributed by atoms with Crippen LogP contribution in [0.4, 0.5) is 0 Å². The Balaban J connectivity index is 1.51. The second-order valence-corrected chi connectivity index (χ2v) is 11.7. The van der Waals surface area contributed by atoms with Crippen molar-refractivity contribution in [2.75, 3.05) is 13.1 Å². The Morgan fingerprint density at radius 1 is 1.24 bits per heavy atom. The maximum atomic E-state index is 14.3. The predicted octanol–water partition coefficient (Wildman–Crippen LogP) is 1.91. The zero-order valence-electron chi connectivity index (χ0n) is 20.4. The first-order chi connectivity index (χ1) is 17.8. The number of quaternary nitrogens is 1. The maximum Gasteiger partial charge on any atom is 0.351 e. The minimum Gasteiger partial charge on any atom is -0.451 e. The van der Waals surface area contributed by atoms with Crippen LogP contribution >= 0.6 is 0 Å². The molecule has 0 bridgehead atoms. The Hall–Kier alpha value is -3.41. The third-order valence-corrected chi connectivity index (χ3v) is 9.52. The van der Waals surface area contributed by atoms with Crippen LogP contribution < -0.4 is 10.6 Å². The van der Waals surface area contributed by atoms with E-state index < -0.39 is 49.6 Å². The summed E-state index contributed by atoms with van der Waals surface area (Å²) in [5.41, 5.74) is 0.951. The van der Waals surface area contributed by atoms with Gasteiger partial charge >= 0.3 is 15.9 Å². The molecule has 2 fully saturated rings. The number of fused-ring (bicyclic) bond motifs is 2. The molecule has 194 valence electrons. The van der Waals surface area contributed by atoms with E-state index in [9.17, 15) is 22.8 Å². The van der Waals surface area contributed by atoms with Gasteiger partial charge in [0.2, 0.25) is 5.78 Å². The molecule has 4 unspecified atom stereocenters. The number of furan rings is 1. The van der Waals surface area contributed by atoms with Crippen molar-refractivity contribution < 1.29 is 31.1 Å². The average Bonchev–Trinajstić information content (AvgIpc) is 3.59. The molecule has 10 nitrogen and oxygen atoms in total. The minimum atomic E-state index is -4.23. The van der Waals surface area contributed by atoms with Gasteiger partial charge in [0.05, 0.1) is 12.6 Å². The van der Waals surface area contributed by atoms with Crippen LogP contribution in [-0.4, -0.2) is 66.1 Å². The Bertz CT molecular complexity index is 1420. The fourth-order valence-corrected chi connectivity index (χ4v) is 7.78. The molecule has 0 aliphatic carbocycles. The SMILES string of the molecule is CCCC(NC(=O)c1cc2ccccc2o1)C(=O)[N+]1(S(=O)(=O)Cc2cccnc2)CCC2NCC(=O)C21. The van der Waals surface area contributed by atoms with Crippen molar-refractivity contribution >= 4 is 38.6 Å². The standard InChI is InChI=1S/C26H28N4O6S/c1-2-6-20(29-25(32)23-13-18-8-3-4-9-22(18)36-23)26(33)30(12-10-19-24(30)21(31)15-28-19)37(34,35)16-17-7-5-11-27-14-17/h3-5,7-9,11,13-14,19-20,24,28H,2,6,10,12,15-16H2,1H3/p+1. The first kappa shape index (κ1) is 25.2. The smallest absolute Gasteiger partial charge is 0.351 e. The molecule has 37 heavy (non-hydrogen) atoms. The quantitative estimate of drug-likeness (QED) is 0.426. The van der Waals surface area contributed by atoms with E-state index in [0.29, 0.717) is 24.0 Å². The molecule has 2 amide bonds. The van der Waals surface area contributed by atoms with Crippen LogP contribution in [0.3, 0.4) is 0 Å². The fourth-order valence-electron chi connectivity index (χ4n) is 5.56. The molecule has 11 heteroatoms. The highest BCUT2D eigenvalue weighted by Crippen LogP contribution is 2.38. The van der Waals surface area contributed by atoms with Crippen molar-refractivity contribution in [1.29, 1.82) is 0 Å². The average molecular weight is 526 g/mol. The number of nitrogens with zero attached hydrogens (tertiary/aromatic N) is 2. The first-order valence-electron chi connectivity index (χ1n) is 12.4. The number of pyridine rings is 1. The van der Waals surface area contributed by atoms with Crippen molar-refractivity contribution in [3.8, 4) is 0 Å². The lowest BCUT2D eigenvalue weighted by molar-refractivity contribution is -0.732. The van der Waals surface area contributed by atoms with Crippen LogP contribution in [0.1, 0.15) is 42.3 Å². The number of carbonyl (C=O) groups is 3. The number of hydrogen-bond acceptors (Lipinski definition) is 8. The number of Topliss-reactive ketones (excluding diaryl/α,β-unsaturated/α-hetero) is 1. The molecule has 2 N–H and O–H groups in total. The lowest BCUT2D eigenvalue weighted by Gasteiger charge is -2.36. The summed E-state index contributed by atoms with van der Waals surface area (Å²) in [6.45, 7) is 1.81. The molecule has 4 atom stereocenters. The number of likely N-dealkylation sites (tertiary alicyclic amines) is 1. The molecule has 0 radical (unpaired) electrons. The summed E-state index contributed by atoms with van der Waals surface area (Å²) in [6.07, 6.45) is 4.05. The molecular weight excluding hydrogens is 496 g/mol. The van der Waals surface area contributed by atoms with E-state index in [-0.39, 0.29) is 31.1 Å². The van der Waals surface area contributed by atoms with E-state index in [4.69, 9.17) is 4.42 Å². The molecule has 1 aromatic carbocycles. The number of sulfonamides is 1. The summed E-state index contributed by atoms with van der Waals surface area (Å²) in [7, 11) is -4.23. The van der Waals surface area contributed by atoms with Crippen LogP contribution in [0, 0.1) is 0 Å². The van der Waals surface area contributed by atoms with E-state index in [1.54, 1.807) is 36.4 Å². The monoisotopic (exact) mass is 525 g/mol. The number of hydrogen-bond donors (Lipinski definition) is 2. The second-order valence-electron chi connectivity index (χ2n) is 9.60. The van der Waals surface area contributed by atoms with Crippen molar-refractivity contribution in [3.63, 3.8) is 0 Å². The lowest BCUT2D eigenvalue weighted by Crippen LogP contribution is -2.67. The normalized spacial score (nSPS) is 24.2. The zero-order valence-corrected chi connectivity index (χ0v) is 21.2. The van der Waals surface area contributed by atoms with E-state index in [1.165, 1.54) is 12.4 Å².